The molecule has 19 heavy (non-hydrogen) atoms. The number of nitrogens with one attached hydrogen (secondary N) is 1. The molecule has 102 valence electrons. The summed E-state index contributed by atoms with van der Waals surface area (Å²) in [6.45, 7) is 4.82. The summed E-state index contributed by atoms with van der Waals surface area (Å²) in [5.41, 5.74) is 7.69. The first kappa shape index (κ1) is 13.8. The Kier molecular flexibility index (Phi) is 4.37. The maximum Gasteiger partial charge on any atom is 0.263 e. The van der Waals surface area contributed by atoms with E-state index >= 15 is 0 Å². The van der Waals surface area contributed by atoms with E-state index in [2.05, 4.69) is 17.2 Å². The van der Waals surface area contributed by atoms with Crippen molar-refractivity contribution in [2.45, 2.75) is 33.1 Å². The van der Waals surface area contributed by atoms with E-state index in [1.807, 2.05) is 13.0 Å². The van der Waals surface area contributed by atoms with Crippen LogP contribution in [0.15, 0.2) is 12.3 Å². The molecule has 0 bridgehead atoms. The van der Waals surface area contributed by atoms with Gasteiger partial charge in [0.15, 0.2) is 0 Å². The number of rotatable bonds is 5. The molecule has 0 saturated carbocycles. The molecule has 4 nitrogen and oxygen atoms in total. The van der Waals surface area contributed by atoms with Crippen molar-refractivity contribution in [2.75, 3.05) is 12.3 Å². The second-order valence-corrected chi connectivity index (χ2v) is 5.61. The number of amides is 1. The van der Waals surface area contributed by atoms with Gasteiger partial charge in [0.1, 0.15) is 9.71 Å². The van der Waals surface area contributed by atoms with Crippen LogP contribution in [0.3, 0.4) is 0 Å². The molecule has 2 rings (SSSR count). The molecule has 2 heterocycles. The van der Waals surface area contributed by atoms with Crippen molar-refractivity contribution in [1.29, 1.82) is 0 Å². The van der Waals surface area contributed by atoms with Crippen molar-refractivity contribution >= 4 is 33.1 Å². The van der Waals surface area contributed by atoms with Gasteiger partial charge in [-0.25, -0.2) is 4.98 Å². The summed E-state index contributed by atoms with van der Waals surface area (Å²) < 4.78 is 0. The Morgan fingerprint density at radius 1 is 1.47 bits per heavy atom. The number of nitrogens with two attached hydrogens (primary N) is 1. The molecule has 0 fully saturated rings. The number of thiophene rings is 1. The Hall–Kier alpha value is -1.62. The van der Waals surface area contributed by atoms with Gasteiger partial charge in [-0.1, -0.05) is 19.8 Å². The third-order valence-corrected chi connectivity index (χ3v) is 4.22. The number of hydrogen-bond acceptors (Lipinski definition) is 4. The molecule has 2 aromatic heterocycles. The molecule has 0 saturated heterocycles. The number of carbonyl (C=O) groups is 1. The van der Waals surface area contributed by atoms with Crippen LogP contribution in [0.4, 0.5) is 5.69 Å². The molecule has 0 atom stereocenters. The average molecular weight is 277 g/mol. The molecule has 0 aliphatic rings. The van der Waals surface area contributed by atoms with Crippen LogP contribution in [0.25, 0.3) is 10.2 Å². The smallest absolute Gasteiger partial charge is 0.263 e. The van der Waals surface area contributed by atoms with Crippen LogP contribution in [-0.4, -0.2) is 17.4 Å². The molecule has 0 radical (unpaired) electrons. The SMILES string of the molecule is CCCCCNC(=O)c1sc2nccc(C)c2c1N. The van der Waals surface area contributed by atoms with Gasteiger partial charge >= 0.3 is 0 Å². The Morgan fingerprint density at radius 3 is 2.95 bits per heavy atom. The summed E-state index contributed by atoms with van der Waals surface area (Å²) in [6.07, 6.45) is 5.02. The minimum atomic E-state index is -0.0870. The monoisotopic (exact) mass is 277 g/mol. The number of aryl methyl sites for hydroxylation is 1. The molecule has 3 N–H and O–H groups in total. The van der Waals surface area contributed by atoms with E-state index < -0.39 is 0 Å². The van der Waals surface area contributed by atoms with Crippen LogP contribution in [-0.2, 0) is 0 Å². The van der Waals surface area contributed by atoms with Crippen LogP contribution < -0.4 is 11.1 Å². The highest BCUT2D eigenvalue weighted by Crippen LogP contribution is 2.34. The first-order chi connectivity index (χ1) is 9.15. The summed E-state index contributed by atoms with van der Waals surface area (Å²) in [6, 6.07) is 1.91. The maximum absolute atomic E-state index is 12.1. The summed E-state index contributed by atoms with van der Waals surface area (Å²) in [7, 11) is 0. The molecule has 0 unspecified atom stereocenters. The fraction of sp³-hybridized carbons (Fsp3) is 0.429. The lowest BCUT2D eigenvalue weighted by molar-refractivity contribution is 0.0958. The topological polar surface area (TPSA) is 68.0 Å². The van der Waals surface area contributed by atoms with E-state index in [4.69, 9.17) is 5.73 Å². The predicted molar refractivity (Wildman–Crippen MR) is 80.6 cm³/mol. The lowest BCUT2D eigenvalue weighted by Crippen LogP contribution is -2.24. The van der Waals surface area contributed by atoms with Crippen LogP contribution in [0.5, 0.6) is 0 Å². The van der Waals surface area contributed by atoms with Crippen LogP contribution in [0, 0.1) is 6.92 Å². The third kappa shape index (κ3) is 2.87. The van der Waals surface area contributed by atoms with Crippen molar-refractivity contribution < 1.29 is 4.79 Å². The molecule has 0 spiro atoms. The van der Waals surface area contributed by atoms with Crippen LogP contribution in [0.2, 0.25) is 0 Å². The van der Waals surface area contributed by atoms with E-state index in [9.17, 15) is 4.79 Å². The number of pyridine rings is 1. The molecule has 1 amide bonds. The number of carbonyl (C=O) groups excluding carboxylic acids is 1. The molecule has 0 aliphatic carbocycles. The van der Waals surface area contributed by atoms with E-state index in [-0.39, 0.29) is 5.91 Å². The van der Waals surface area contributed by atoms with E-state index in [1.165, 1.54) is 11.3 Å². The lowest BCUT2D eigenvalue weighted by Gasteiger charge is -2.03. The number of fused-ring (bicyclic) bond motifs is 1. The minimum absolute atomic E-state index is 0.0870. The number of aromatic nitrogens is 1. The highest BCUT2D eigenvalue weighted by Gasteiger charge is 2.17. The molecule has 2 aromatic rings. The minimum Gasteiger partial charge on any atom is -0.397 e. The first-order valence-electron chi connectivity index (χ1n) is 6.57. The quantitative estimate of drug-likeness (QED) is 0.825. The molecule has 0 aliphatic heterocycles. The standard InChI is InChI=1S/C14H19N3OS/c1-3-4-5-7-16-13(18)12-11(15)10-9(2)6-8-17-14(10)19-12/h6,8H,3-5,7,15H2,1-2H3,(H,16,18). The predicted octanol–water partition coefficient (Wildman–Crippen LogP) is 3.11. The van der Waals surface area contributed by atoms with Gasteiger partial charge in [-0.05, 0) is 25.0 Å². The Balaban J connectivity index is 2.18. The maximum atomic E-state index is 12.1. The lowest BCUT2D eigenvalue weighted by atomic mass is 10.1. The van der Waals surface area contributed by atoms with Crippen molar-refractivity contribution in [3.63, 3.8) is 0 Å². The first-order valence-corrected chi connectivity index (χ1v) is 7.38. The summed E-state index contributed by atoms with van der Waals surface area (Å²) in [5, 5.41) is 3.83. The second kappa shape index (κ2) is 6.02. The highest BCUT2D eigenvalue weighted by molar-refractivity contribution is 7.21. The van der Waals surface area contributed by atoms with Gasteiger partial charge in [-0.2, -0.15) is 0 Å². The number of nitrogens with zero attached hydrogens (tertiary/aromatic N) is 1. The fourth-order valence-corrected chi connectivity index (χ4v) is 3.09. The Morgan fingerprint density at radius 2 is 2.26 bits per heavy atom. The van der Waals surface area contributed by atoms with Gasteiger partial charge in [-0.3, -0.25) is 4.79 Å². The van der Waals surface area contributed by atoms with Gasteiger partial charge in [-0.15, -0.1) is 11.3 Å². The largest absolute Gasteiger partial charge is 0.397 e. The second-order valence-electron chi connectivity index (χ2n) is 4.62. The Bertz CT molecular complexity index is 592. The van der Waals surface area contributed by atoms with Crippen molar-refractivity contribution in [3.8, 4) is 0 Å². The van der Waals surface area contributed by atoms with E-state index in [0.717, 1.165) is 35.0 Å². The molecular weight excluding hydrogens is 258 g/mol. The van der Waals surface area contributed by atoms with E-state index in [0.29, 0.717) is 17.1 Å². The number of hydrogen-bond donors (Lipinski definition) is 2. The fourth-order valence-electron chi connectivity index (χ4n) is 2.03. The van der Waals surface area contributed by atoms with Gasteiger partial charge in [0, 0.05) is 18.1 Å². The van der Waals surface area contributed by atoms with E-state index in [1.54, 1.807) is 6.20 Å². The van der Waals surface area contributed by atoms with Crippen LogP contribution >= 0.6 is 11.3 Å². The number of nitrogen functional groups attached to an aromatic ring is 1. The highest BCUT2D eigenvalue weighted by atomic mass is 32.1. The molecule has 5 heteroatoms. The summed E-state index contributed by atoms with van der Waals surface area (Å²) in [4.78, 5) is 17.8. The number of unbranched alkanes of at least 4 members (excludes halogenated alkanes) is 2. The van der Waals surface area contributed by atoms with Crippen molar-refractivity contribution in [1.82, 2.24) is 10.3 Å². The molecular formula is C14H19N3OS. The zero-order valence-corrected chi connectivity index (χ0v) is 12.1. The summed E-state index contributed by atoms with van der Waals surface area (Å²) >= 11 is 1.36. The third-order valence-electron chi connectivity index (χ3n) is 3.11. The normalized spacial score (nSPS) is 10.8. The zero-order chi connectivity index (χ0) is 13.8. The van der Waals surface area contributed by atoms with Crippen LogP contribution in [0.1, 0.15) is 41.4 Å². The van der Waals surface area contributed by atoms with Gasteiger partial charge in [0.2, 0.25) is 0 Å². The summed E-state index contributed by atoms with van der Waals surface area (Å²) in [5.74, 6) is -0.0870. The average Bonchev–Trinajstić information content (AvgIpc) is 2.73. The number of anilines is 1. The van der Waals surface area contributed by atoms with Gasteiger partial charge in [0.25, 0.3) is 5.91 Å². The molecule has 0 aromatic carbocycles. The van der Waals surface area contributed by atoms with Gasteiger partial charge in [0.05, 0.1) is 5.69 Å². The Labute approximate surface area is 117 Å². The van der Waals surface area contributed by atoms with Crippen molar-refractivity contribution in [3.05, 3.63) is 22.7 Å². The van der Waals surface area contributed by atoms with Gasteiger partial charge < -0.3 is 11.1 Å². The zero-order valence-electron chi connectivity index (χ0n) is 11.3. The van der Waals surface area contributed by atoms with Crippen molar-refractivity contribution in [2.24, 2.45) is 0 Å².